The van der Waals surface area contributed by atoms with Crippen LogP contribution in [0.1, 0.15) is 18.1 Å². The second kappa shape index (κ2) is 8.74. The molecule has 6 nitrogen and oxygen atoms in total. The predicted molar refractivity (Wildman–Crippen MR) is 93.5 cm³/mol. The maximum atomic E-state index is 12.4. The van der Waals surface area contributed by atoms with Crippen LogP contribution in [-0.4, -0.2) is 29.2 Å². The van der Waals surface area contributed by atoms with Crippen molar-refractivity contribution in [1.82, 2.24) is 0 Å². The summed E-state index contributed by atoms with van der Waals surface area (Å²) in [5.74, 6) is -0.966. The summed E-state index contributed by atoms with van der Waals surface area (Å²) < 4.78 is 20.8. The molecule has 0 aliphatic heterocycles. The molecule has 0 spiro atoms. The third kappa shape index (κ3) is 5.37. The van der Waals surface area contributed by atoms with Crippen molar-refractivity contribution in [3.05, 3.63) is 77.4 Å². The van der Waals surface area contributed by atoms with Crippen LogP contribution in [-0.2, 0) is 18.4 Å². The van der Waals surface area contributed by atoms with Crippen molar-refractivity contribution in [2.45, 2.75) is 6.92 Å². The number of aliphatic hydroxyl groups is 1. The van der Waals surface area contributed by atoms with E-state index in [-0.39, 0.29) is 5.57 Å². The molecule has 1 unspecified atom stereocenters. The molecule has 0 aromatic heterocycles. The van der Waals surface area contributed by atoms with Crippen molar-refractivity contribution >= 4 is 19.4 Å². The van der Waals surface area contributed by atoms with Crippen LogP contribution in [0.2, 0.25) is 0 Å². The van der Waals surface area contributed by atoms with Crippen LogP contribution in [0.5, 0.6) is 0 Å². The maximum Gasteiger partial charge on any atom is 0.529 e. The molecule has 132 valence electrons. The first-order valence-corrected chi connectivity index (χ1v) is 9.08. The van der Waals surface area contributed by atoms with Crippen molar-refractivity contribution < 1.29 is 28.4 Å². The van der Waals surface area contributed by atoms with Crippen LogP contribution in [0.15, 0.2) is 66.2 Å². The van der Waals surface area contributed by atoms with Gasteiger partial charge in [0.2, 0.25) is 0 Å². The highest BCUT2D eigenvalue weighted by molar-refractivity contribution is 7.48. The van der Waals surface area contributed by atoms with E-state index in [1.165, 1.54) is 6.92 Å². The average Bonchev–Trinajstić information content (AvgIpc) is 2.61. The minimum atomic E-state index is -4.59. The minimum Gasteiger partial charge on any atom is -0.394 e. The van der Waals surface area contributed by atoms with Crippen molar-refractivity contribution in [3.63, 3.8) is 0 Å². The number of phosphoric acid groups is 1. The van der Waals surface area contributed by atoms with Gasteiger partial charge in [0, 0.05) is 5.57 Å². The Hall–Kier alpha value is -2.24. The van der Waals surface area contributed by atoms with Crippen LogP contribution in [0.4, 0.5) is 0 Å². The lowest BCUT2D eigenvalue weighted by Gasteiger charge is -2.15. The molecule has 0 saturated carbocycles. The summed E-state index contributed by atoms with van der Waals surface area (Å²) in [6.07, 6.45) is 0. The van der Waals surface area contributed by atoms with Gasteiger partial charge in [-0.05, 0) is 23.6 Å². The molecular formula is C18H19O6P. The monoisotopic (exact) mass is 362 g/mol. The Morgan fingerprint density at radius 1 is 1.00 bits per heavy atom. The Balaban J connectivity index is 2.41. The third-order valence-corrected chi connectivity index (χ3v) is 4.26. The van der Waals surface area contributed by atoms with Crippen LogP contribution in [0.25, 0.3) is 5.57 Å². The van der Waals surface area contributed by atoms with Gasteiger partial charge in [-0.25, -0.2) is 9.36 Å². The van der Waals surface area contributed by atoms with Gasteiger partial charge in [0.15, 0.2) is 0 Å². The Kier molecular flexibility index (Phi) is 6.67. The number of carbonyl (C=O) groups excluding carboxylic acids is 1. The number of carbonyl (C=O) groups is 1. The summed E-state index contributed by atoms with van der Waals surface area (Å²) in [7, 11) is -4.59. The molecule has 0 radical (unpaired) electrons. The quantitative estimate of drug-likeness (QED) is 0.581. The molecule has 25 heavy (non-hydrogen) atoms. The molecule has 0 bridgehead atoms. The number of aliphatic hydroxyl groups excluding tert-OH is 1. The fourth-order valence-corrected chi connectivity index (χ4v) is 2.98. The van der Waals surface area contributed by atoms with Crippen molar-refractivity contribution in [3.8, 4) is 0 Å². The first kappa shape index (κ1) is 19.1. The van der Waals surface area contributed by atoms with E-state index in [9.17, 15) is 14.3 Å². The zero-order valence-corrected chi connectivity index (χ0v) is 14.6. The van der Waals surface area contributed by atoms with Crippen LogP contribution >= 0.6 is 7.82 Å². The largest absolute Gasteiger partial charge is 0.529 e. The van der Waals surface area contributed by atoms with E-state index in [4.69, 9.17) is 5.11 Å². The molecule has 0 fully saturated rings. The zero-order chi connectivity index (χ0) is 18.3. The Morgan fingerprint density at radius 3 is 1.92 bits per heavy atom. The van der Waals surface area contributed by atoms with E-state index in [0.29, 0.717) is 5.57 Å². The number of benzene rings is 2. The van der Waals surface area contributed by atoms with Gasteiger partial charge in [-0.3, -0.25) is 9.42 Å². The second-order valence-electron chi connectivity index (χ2n) is 5.14. The molecule has 1 atom stereocenters. The molecule has 0 heterocycles. The van der Waals surface area contributed by atoms with Gasteiger partial charge in [-0.15, -0.1) is 0 Å². The molecule has 0 saturated heterocycles. The van der Waals surface area contributed by atoms with Crippen LogP contribution in [0.3, 0.4) is 0 Å². The number of hydrogen-bond acceptors (Lipinski definition) is 5. The third-order valence-electron chi connectivity index (χ3n) is 3.35. The molecule has 2 N–H and O–H groups in total. The van der Waals surface area contributed by atoms with Crippen LogP contribution in [0, 0.1) is 0 Å². The minimum absolute atomic E-state index is 0.166. The van der Waals surface area contributed by atoms with Crippen LogP contribution < -0.4 is 0 Å². The molecule has 7 heteroatoms. The number of hydrogen-bond donors (Lipinski definition) is 2. The van der Waals surface area contributed by atoms with E-state index in [1.54, 1.807) is 0 Å². The molecular weight excluding hydrogens is 343 g/mol. The van der Waals surface area contributed by atoms with E-state index >= 15 is 0 Å². The van der Waals surface area contributed by atoms with Gasteiger partial charge in [-0.2, -0.15) is 0 Å². The topological polar surface area (TPSA) is 93.1 Å². The highest BCUT2D eigenvalue weighted by Crippen LogP contribution is 2.44. The molecule has 0 amide bonds. The summed E-state index contributed by atoms with van der Waals surface area (Å²) in [5.41, 5.74) is 2.30. The lowest BCUT2D eigenvalue weighted by molar-refractivity contribution is -0.131. The summed E-state index contributed by atoms with van der Waals surface area (Å²) in [6, 6.07) is 18.4. The summed E-state index contributed by atoms with van der Waals surface area (Å²) in [4.78, 5) is 21.9. The Bertz CT molecular complexity index is 744. The van der Waals surface area contributed by atoms with Gasteiger partial charge in [-0.1, -0.05) is 60.7 Å². The van der Waals surface area contributed by atoms with E-state index in [1.807, 2.05) is 60.7 Å². The van der Waals surface area contributed by atoms with Gasteiger partial charge in [0.25, 0.3) is 0 Å². The normalized spacial score (nSPS) is 12.9. The highest BCUT2D eigenvalue weighted by Gasteiger charge is 2.28. The Labute approximate surface area is 146 Å². The number of rotatable bonds is 7. The lowest BCUT2D eigenvalue weighted by atomic mass is 9.94. The Morgan fingerprint density at radius 2 is 1.48 bits per heavy atom. The van der Waals surface area contributed by atoms with Gasteiger partial charge < -0.3 is 9.63 Å². The highest BCUT2D eigenvalue weighted by atomic mass is 31.2. The molecule has 0 aliphatic rings. The smallest absolute Gasteiger partial charge is 0.394 e. The van der Waals surface area contributed by atoms with Gasteiger partial charge >= 0.3 is 13.8 Å². The lowest BCUT2D eigenvalue weighted by Crippen LogP contribution is -2.09. The summed E-state index contributed by atoms with van der Waals surface area (Å²) in [6.45, 7) is 0.647. The maximum absolute atomic E-state index is 12.4. The van der Waals surface area contributed by atoms with E-state index < -0.39 is 27.0 Å². The van der Waals surface area contributed by atoms with Gasteiger partial charge in [0.05, 0.1) is 13.2 Å². The van der Waals surface area contributed by atoms with Gasteiger partial charge in [0.1, 0.15) is 0 Å². The van der Waals surface area contributed by atoms with E-state index in [2.05, 4.69) is 9.05 Å². The van der Waals surface area contributed by atoms with Crippen molar-refractivity contribution in [2.24, 2.45) is 0 Å². The molecule has 0 aliphatic carbocycles. The second-order valence-corrected chi connectivity index (χ2v) is 6.51. The summed E-state index contributed by atoms with van der Waals surface area (Å²) in [5, 5.41) is 8.65. The average molecular weight is 362 g/mol. The fourth-order valence-electron chi connectivity index (χ4n) is 2.27. The molecule has 2 rings (SSSR count). The SMILES string of the molecule is CC(C(=O)OP(=O)(O)OCCO)=C(c1ccccc1)c1ccccc1. The zero-order valence-electron chi connectivity index (χ0n) is 13.7. The first-order chi connectivity index (χ1) is 11.9. The predicted octanol–water partition coefficient (Wildman–Crippen LogP) is 3.16. The standard InChI is InChI=1S/C18H19O6P/c1-14(18(20)24-25(21,22)23-13-12-19)17(15-8-4-2-5-9-15)16-10-6-3-7-11-16/h2-11,19H,12-13H2,1H3,(H,21,22). The fraction of sp³-hybridized carbons (Fsp3) is 0.167. The first-order valence-electron chi connectivity index (χ1n) is 7.58. The molecule has 2 aromatic rings. The molecule has 2 aromatic carbocycles. The van der Waals surface area contributed by atoms with Crippen molar-refractivity contribution in [1.29, 1.82) is 0 Å². The summed E-state index contributed by atoms with van der Waals surface area (Å²) >= 11 is 0. The number of phosphoric ester groups is 1. The van der Waals surface area contributed by atoms with Crippen molar-refractivity contribution in [2.75, 3.05) is 13.2 Å². The van der Waals surface area contributed by atoms with E-state index in [0.717, 1.165) is 11.1 Å².